The molecule has 0 N–H and O–H groups in total. The van der Waals surface area contributed by atoms with E-state index in [2.05, 4.69) is 61.9 Å². The molecule has 0 saturated carbocycles. The average molecular weight is 571 g/mol. The van der Waals surface area contributed by atoms with Crippen molar-refractivity contribution >= 4 is 34.5 Å². The quantitative estimate of drug-likeness (QED) is 0.175. The summed E-state index contributed by atoms with van der Waals surface area (Å²) < 4.78 is 1.46. The number of halogens is 2. The van der Waals surface area contributed by atoms with E-state index >= 15 is 0 Å². The molecular weight excluding hydrogens is 523 g/mol. The van der Waals surface area contributed by atoms with Crippen molar-refractivity contribution in [2.45, 2.75) is 118 Å². The van der Waals surface area contributed by atoms with Crippen LogP contribution < -0.4 is 17.0 Å². The van der Waals surface area contributed by atoms with Gasteiger partial charge in [0.1, 0.15) is 0 Å². The zero-order chi connectivity index (χ0) is 20.8. The molecule has 1 aromatic rings. The molecule has 0 aliphatic rings. The highest BCUT2D eigenvalue weighted by molar-refractivity contribution is 9.11. The van der Waals surface area contributed by atoms with Crippen LogP contribution in [0.1, 0.15) is 115 Å². The average Bonchev–Trinajstić information content (AvgIpc) is 2.99. The Labute approximate surface area is 206 Å². The van der Waals surface area contributed by atoms with E-state index in [1.54, 1.807) is 16.0 Å². The summed E-state index contributed by atoms with van der Waals surface area (Å²) in [7, 11) is -0.870. The maximum absolute atomic E-state index is 3.99. The lowest BCUT2D eigenvalue weighted by Gasteiger charge is -2.28. The summed E-state index contributed by atoms with van der Waals surface area (Å²) in [4.78, 5) is 1.78. The van der Waals surface area contributed by atoms with Crippen LogP contribution in [-0.4, -0.2) is 18.5 Å². The molecule has 0 amide bonds. The molecule has 0 unspecified atom stereocenters. The standard InChI is InChI=1S/C25H47BrPS.BrH/c1-6-11-16-22-23(17-12-7-2)25(26)28-24(22)21-27(18-13-8-3,19-14-9-4)20-15-10-5;/h6-21H2,1-5H3;1H/q+1;/p-1. The Bertz CT molecular complexity index is 505. The first-order valence-corrected chi connectivity index (χ1v) is 16.3. The van der Waals surface area contributed by atoms with Gasteiger partial charge in [0.05, 0.1) is 28.4 Å². The molecule has 0 spiro atoms. The molecule has 0 fully saturated rings. The molecule has 1 rings (SSSR count). The van der Waals surface area contributed by atoms with E-state index < -0.39 is 7.26 Å². The van der Waals surface area contributed by atoms with E-state index in [-0.39, 0.29) is 17.0 Å². The Hall–Kier alpha value is 1.09. The normalized spacial score (nSPS) is 11.7. The first kappa shape index (κ1) is 30.1. The summed E-state index contributed by atoms with van der Waals surface area (Å²) in [5.41, 5.74) is 3.44. The van der Waals surface area contributed by atoms with Gasteiger partial charge in [-0.05, 0) is 72.0 Å². The van der Waals surface area contributed by atoms with Gasteiger partial charge in [0.25, 0.3) is 0 Å². The molecule has 0 saturated heterocycles. The van der Waals surface area contributed by atoms with Crippen molar-refractivity contribution in [2.24, 2.45) is 0 Å². The highest BCUT2D eigenvalue weighted by atomic mass is 79.9. The Balaban J connectivity index is 0.00000784. The SMILES string of the molecule is CCCCc1c(Br)sc(C[P+](CCCC)(CCCC)CCCC)c1CCCC.[Br-]. The lowest BCUT2D eigenvalue weighted by molar-refractivity contribution is -0.00000615. The van der Waals surface area contributed by atoms with Gasteiger partial charge in [-0.25, -0.2) is 0 Å². The first-order valence-electron chi connectivity index (χ1n) is 12.2. The van der Waals surface area contributed by atoms with Gasteiger partial charge in [-0.1, -0.05) is 66.7 Å². The molecule has 0 aromatic carbocycles. The Morgan fingerprint density at radius 1 is 0.655 bits per heavy atom. The Kier molecular flexibility index (Phi) is 18.3. The molecule has 0 aliphatic carbocycles. The van der Waals surface area contributed by atoms with E-state index in [0.717, 1.165) is 0 Å². The smallest absolute Gasteiger partial charge is 0.0938 e. The predicted molar refractivity (Wildman–Crippen MR) is 139 cm³/mol. The van der Waals surface area contributed by atoms with Crippen LogP contribution in [0.4, 0.5) is 0 Å². The molecule has 0 aliphatic heterocycles. The van der Waals surface area contributed by atoms with Crippen LogP contribution in [0, 0.1) is 0 Å². The monoisotopic (exact) mass is 568 g/mol. The maximum Gasteiger partial charge on any atom is 0.0938 e. The number of rotatable bonds is 17. The fraction of sp³-hybridized carbons (Fsp3) is 0.840. The van der Waals surface area contributed by atoms with Gasteiger partial charge in [0, 0.05) is 12.1 Å². The zero-order valence-corrected chi connectivity index (χ0v) is 24.8. The summed E-state index contributed by atoms with van der Waals surface area (Å²) in [6.07, 6.45) is 22.3. The second-order valence-electron chi connectivity index (χ2n) is 8.69. The minimum absolute atomic E-state index is 0. The van der Waals surface area contributed by atoms with E-state index in [9.17, 15) is 0 Å². The zero-order valence-electron chi connectivity index (χ0n) is 19.9. The molecule has 0 bridgehead atoms. The number of thiophene rings is 1. The molecule has 0 radical (unpaired) electrons. The van der Waals surface area contributed by atoms with Crippen molar-refractivity contribution in [3.05, 3.63) is 19.8 Å². The fourth-order valence-electron chi connectivity index (χ4n) is 4.25. The van der Waals surface area contributed by atoms with Crippen LogP contribution >= 0.6 is 34.5 Å². The van der Waals surface area contributed by atoms with Crippen molar-refractivity contribution in [3.63, 3.8) is 0 Å². The van der Waals surface area contributed by atoms with Gasteiger partial charge in [-0.3, -0.25) is 0 Å². The minimum Gasteiger partial charge on any atom is -1.00 e. The largest absolute Gasteiger partial charge is 1.00 e. The number of hydrogen-bond donors (Lipinski definition) is 0. The van der Waals surface area contributed by atoms with Crippen molar-refractivity contribution in [1.82, 2.24) is 0 Å². The molecule has 0 atom stereocenters. The van der Waals surface area contributed by atoms with E-state index in [1.807, 2.05) is 0 Å². The van der Waals surface area contributed by atoms with Crippen LogP contribution in [0.15, 0.2) is 3.79 Å². The molecular formula is C25H47Br2PS. The van der Waals surface area contributed by atoms with Crippen molar-refractivity contribution < 1.29 is 17.0 Å². The van der Waals surface area contributed by atoms with Gasteiger partial charge in [0.15, 0.2) is 0 Å². The second kappa shape index (κ2) is 17.6. The molecule has 172 valence electrons. The van der Waals surface area contributed by atoms with Crippen LogP contribution in [-0.2, 0) is 19.0 Å². The third kappa shape index (κ3) is 10.5. The van der Waals surface area contributed by atoms with Crippen molar-refractivity contribution in [1.29, 1.82) is 0 Å². The van der Waals surface area contributed by atoms with E-state index in [1.165, 1.54) is 105 Å². The lowest BCUT2D eigenvalue weighted by atomic mass is 10.0. The Morgan fingerprint density at radius 2 is 1.07 bits per heavy atom. The van der Waals surface area contributed by atoms with Crippen LogP contribution in [0.5, 0.6) is 0 Å². The van der Waals surface area contributed by atoms with Crippen molar-refractivity contribution in [3.8, 4) is 0 Å². The van der Waals surface area contributed by atoms with E-state index in [0.29, 0.717) is 0 Å². The highest BCUT2D eigenvalue weighted by Crippen LogP contribution is 2.64. The number of hydrogen-bond acceptors (Lipinski definition) is 1. The van der Waals surface area contributed by atoms with Gasteiger partial charge < -0.3 is 17.0 Å². The fourth-order valence-corrected chi connectivity index (χ4v) is 12.2. The summed E-state index contributed by atoms with van der Waals surface area (Å²) in [6, 6.07) is 0. The van der Waals surface area contributed by atoms with Crippen molar-refractivity contribution in [2.75, 3.05) is 18.5 Å². The van der Waals surface area contributed by atoms with Crippen LogP contribution in [0.3, 0.4) is 0 Å². The van der Waals surface area contributed by atoms with Gasteiger partial charge in [-0.2, -0.15) is 0 Å². The highest BCUT2D eigenvalue weighted by Gasteiger charge is 2.37. The summed E-state index contributed by atoms with van der Waals surface area (Å²) in [5, 5.41) is 0. The van der Waals surface area contributed by atoms with Crippen LogP contribution in [0.25, 0.3) is 0 Å². The molecule has 4 heteroatoms. The molecule has 29 heavy (non-hydrogen) atoms. The topological polar surface area (TPSA) is 0 Å². The lowest BCUT2D eigenvalue weighted by Crippen LogP contribution is -3.00. The predicted octanol–water partition coefficient (Wildman–Crippen LogP) is 7.12. The summed E-state index contributed by atoms with van der Waals surface area (Å²) >= 11 is 6.10. The van der Waals surface area contributed by atoms with Gasteiger partial charge in [0.2, 0.25) is 0 Å². The molecule has 1 aromatic heterocycles. The summed E-state index contributed by atoms with van der Waals surface area (Å²) in [5.74, 6) is 0. The molecule has 0 nitrogen and oxygen atoms in total. The maximum atomic E-state index is 3.99. The first-order chi connectivity index (χ1) is 13.6. The minimum atomic E-state index is -0.870. The van der Waals surface area contributed by atoms with Gasteiger partial charge in [-0.15, -0.1) is 11.3 Å². The van der Waals surface area contributed by atoms with E-state index in [4.69, 9.17) is 0 Å². The number of unbranched alkanes of at least 4 members (excludes halogenated alkanes) is 5. The Morgan fingerprint density at radius 3 is 1.48 bits per heavy atom. The van der Waals surface area contributed by atoms with Gasteiger partial charge >= 0.3 is 0 Å². The molecule has 1 heterocycles. The second-order valence-corrected chi connectivity index (χ2v) is 15.5. The third-order valence-corrected chi connectivity index (χ3v) is 13.2. The van der Waals surface area contributed by atoms with Crippen LogP contribution in [0.2, 0.25) is 0 Å². The third-order valence-electron chi connectivity index (χ3n) is 6.15. The summed E-state index contributed by atoms with van der Waals surface area (Å²) in [6.45, 7) is 11.8.